The number of anilines is 1. The molecule has 82 valence electrons. The summed E-state index contributed by atoms with van der Waals surface area (Å²) in [6.07, 6.45) is 5.48. The molecule has 0 amide bonds. The summed E-state index contributed by atoms with van der Waals surface area (Å²) < 4.78 is 0. The third-order valence-electron chi connectivity index (χ3n) is 2.90. The maximum absolute atomic E-state index is 8.59. The van der Waals surface area contributed by atoms with Crippen LogP contribution < -0.4 is 4.90 Å². The van der Waals surface area contributed by atoms with Crippen LogP contribution in [0.3, 0.4) is 0 Å². The number of piperidine rings is 1. The summed E-state index contributed by atoms with van der Waals surface area (Å²) >= 11 is 0. The normalized spacial score (nSPS) is 15.8. The molecule has 0 spiro atoms. The van der Waals surface area contributed by atoms with Gasteiger partial charge in [0.05, 0.1) is 6.07 Å². The molecule has 1 saturated heterocycles. The van der Waals surface area contributed by atoms with Crippen molar-refractivity contribution in [2.75, 3.05) is 18.0 Å². The molecule has 0 atom stereocenters. The highest BCUT2D eigenvalue weighted by Crippen LogP contribution is 2.21. The van der Waals surface area contributed by atoms with Gasteiger partial charge in [0.1, 0.15) is 5.82 Å². The molecule has 0 aliphatic carbocycles. The zero-order valence-corrected chi connectivity index (χ0v) is 9.48. The van der Waals surface area contributed by atoms with Gasteiger partial charge in [-0.2, -0.15) is 5.26 Å². The third-order valence-corrected chi connectivity index (χ3v) is 2.90. The fraction of sp³-hybridized carbons (Fsp3) is 0.385. The molecule has 1 aliphatic rings. The molecule has 2 rings (SSSR count). The van der Waals surface area contributed by atoms with Gasteiger partial charge in [-0.3, -0.25) is 0 Å². The first-order valence-electron chi connectivity index (χ1n) is 5.55. The van der Waals surface area contributed by atoms with Gasteiger partial charge in [0, 0.05) is 25.4 Å². The largest absolute Gasteiger partial charge is 0.356 e. The van der Waals surface area contributed by atoms with Crippen LogP contribution in [0.2, 0.25) is 0 Å². The van der Waals surface area contributed by atoms with Gasteiger partial charge in [-0.1, -0.05) is 5.57 Å². The Balaban J connectivity index is 2.05. The summed E-state index contributed by atoms with van der Waals surface area (Å²) in [7, 11) is 0. The predicted molar refractivity (Wildman–Crippen MR) is 64.1 cm³/mol. The van der Waals surface area contributed by atoms with Crippen LogP contribution in [0.25, 0.3) is 0 Å². The number of pyridine rings is 1. The Hall–Kier alpha value is -1.82. The van der Waals surface area contributed by atoms with Crippen molar-refractivity contribution in [3.8, 4) is 6.07 Å². The molecule has 1 aromatic rings. The van der Waals surface area contributed by atoms with Crippen LogP contribution in [0, 0.1) is 18.3 Å². The van der Waals surface area contributed by atoms with Gasteiger partial charge in [-0.25, -0.2) is 4.98 Å². The van der Waals surface area contributed by atoms with Crippen LogP contribution in [0.4, 0.5) is 5.82 Å². The monoisotopic (exact) mass is 213 g/mol. The summed E-state index contributed by atoms with van der Waals surface area (Å²) in [5.41, 5.74) is 2.50. The number of hydrogen-bond donors (Lipinski definition) is 0. The van der Waals surface area contributed by atoms with Crippen LogP contribution in [0.5, 0.6) is 0 Å². The minimum absolute atomic E-state index is 0.962. The van der Waals surface area contributed by atoms with Crippen LogP contribution in [0.15, 0.2) is 30.0 Å². The van der Waals surface area contributed by atoms with Crippen molar-refractivity contribution in [2.45, 2.75) is 19.8 Å². The fourth-order valence-electron chi connectivity index (χ4n) is 1.95. The van der Waals surface area contributed by atoms with Crippen LogP contribution in [-0.2, 0) is 0 Å². The molecule has 2 heterocycles. The lowest BCUT2D eigenvalue weighted by atomic mass is 10.0. The number of allylic oxidation sites excluding steroid dienone is 1. The quantitative estimate of drug-likeness (QED) is 0.673. The van der Waals surface area contributed by atoms with E-state index in [-0.39, 0.29) is 0 Å². The van der Waals surface area contributed by atoms with E-state index < -0.39 is 0 Å². The Morgan fingerprint density at radius 1 is 1.44 bits per heavy atom. The maximum atomic E-state index is 8.59. The molecule has 16 heavy (non-hydrogen) atoms. The SMILES string of the molecule is Cc1ccnc(N2CCC(=CC#N)CC2)c1. The molecule has 3 heteroatoms. The van der Waals surface area contributed by atoms with Gasteiger partial charge < -0.3 is 4.90 Å². The van der Waals surface area contributed by atoms with E-state index in [1.54, 1.807) is 6.08 Å². The van der Waals surface area contributed by atoms with Crippen molar-refractivity contribution >= 4 is 5.82 Å². The Morgan fingerprint density at radius 3 is 2.81 bits per heavy atom. The lowest BCUT2D eigenvalue weighted by molar-refractivity contribution is 0.677. The van der Waals surface area contributed by atoms with Gasteiger partial charge in [-0.05, 0) is 37.5 Å². The highest BCUT2D eigenvalue weighted by molar-refractivity contribution is 5.42. The van der Waals surface area contributed by atoms with Crippen LogP contribution in [0.1, 0.15) is 18.4 Å². The average molecular weight is 213 g/mol. The molecular weight excluding hydrogens is 198 g/mol. The molecule has 1 fully saturated rings. The molecule has 1 aliphatic heterocycles. The smallest absolute Gasteiger partial charge is 0.128 e. The third kappa shape index (κ3) is 2.40. The minimum atomic E-state index is 0.962. The molecule has 3 nitrogen and oxygen atoms in total. The predicted octanol–water partition coefficient (Wildman–Crippen LogP) is 2.44. The van der Waals surface area contributed by atoms with Crippen LogP contribution >= 0.6 is 0 Å². The highest BCUT2D eigenvalue weighted by atomic mass is 15.2. The van der Waals surface area contributed by atoms with E-state index in [4.69, 9.17) is 5.26 Å². The van der Waals surface area contributed by atoms with Gasteiger partial charge in [-0.15, -0.1) is 0 Å². The van der Waals surface area contributed by atoms with Crippen molar-refractivity contribution in [1.82, 2.24) is 4.98 Å². The molecule has 0 radical (unpaired) electrons. The Labute approximate surface area is 96.0 Å². The first kappa shape index (κ1) is 10.7. The van der Waals surface area contributed by atoms with Crippen molar-refractivity contribution < 1.29 is 0 Å². The Kier molecular flexibility index (Phi) is 3.21. The molecule has 0 unspecified atom stereocenters. The number of nitrogens with zero attached hydrogens (tertiary/aromatic N) is 3. The van der Waals surface area contributed by atoms with Gasteiger partial charge in [0.15, 0.2) is 0 Å². The van der Waals surface area contributed by atoms with E-state index in [0.717, 1.165) is 31.7 Å². The standard InChI is InChI=1S/C13H15N3/c1-11-3-7-15-13(10-11)16-8-4-12(2-6-14)5-9-16/h2-3,7,10H,4-5,8-9H2,1H3. The zero-order valence-electron chi connectivity index (χ0n) is 9.48. The maximum Gasteiger partial charge on any atom is 0.128 e. The van der Waals surface area contributed by atoms with Crippen molar-refractivity contribution in [3.05, 3.63) is 35.5 Å². The summed E-state index contributed by atoms with van der Waals surface area (Å²) in [6.45, 7) is 4.00. The summed E-state index contributed by atoms with van der Waals surface area (Å²) in [4.78, 5) is 6.66. The van der Waals surface area contributed by atoms with Crippen molar-refractivity contribution in [3.63, 3.8) is 0 Å². The number of aromatic nitrogens is 1. The topological polar surface area (TPSA) is 39.9 Å². The number of nitriles is 1. The van der Waals surface area contributed by atoms with Gasteiger partial charge in [0.25, 0.3) is 0 Å². The fourth-order valence-corrected chi connectivity index (χ4v) is 1.95. The zero-order chi connectivity index (χ0) is 11.4. The van der Waals surface area contributed by atoms with E-state index in [0.29, 0.717) is 0 Å². The Morgan fingerprint density at radius 2 is 2.19 bits per heavy atom. The number of hydrogen-bond acceptors (Lipinski definition) is 3. The van der Waals surface area contributed by atoms with E-state index in [9.17, 15) is 0 Å². The van der Waals surface area contributed by atoms with E-state index >= 15 is 0 Å². The summed E-state index contributed by atoms with van der Waals surface area (Å²) in [6, 6.07) is 6.22. The molecule has 1 aromatic heterocycles. The second-order valence-electron chi connectivity index (χ2n) is 4.11. The van der Waals surface area contributed by atoms with Crippen molar-refractivity contribution in [2.24, 2.45) is 0 Å². The first-order chi connectivity index (χ1) is 7.79. The second kappa shape index (κ2) is 4.80. The average Bonchev–Trinajstić information content (AvgIpc) is 2.30. The van der Waals surface area contributed by atoms with E-state index in [2.05, 4.69) is 28.9 Å². The highest BCUT2D eigenvalue weighted by Gasteiger charge is 2.14. The van der Waals surface area contributed by atoms with Gasteiger partial charge >= 0.3 is 0 Å². The molecule has 0 bridgehead atoms. The molecule has 0 N–H and O–H groups in total. The number of aryl methyl sites for hydroxylation is 1. The van der Waals surface area contributed by atoms with Crippen LogP contribution in [-0.4, -0.2) is 18.1 Å². The Bertz CT molecular complexity index is 433. The van der Waals surface area contributed by atoms with E-state index in [1.165, 1.54) is 11.1 Å². The first-order valence-corrected chi connectivity index (χ1v) is 5.55. The van der Waals surface area contributed by atoms with Crippen molar-refractivity contribution in [1.29, 1.82) is 5.26 Å². The summed E-state index contributed by atoms with van der Waals surface area (Å²) in [5.74, 6) is 1.05. The lowest BCUT2D eigenvalue weighted by Crippen LogP contribution is -2.31. The summed E-state index contributed by atoms with van der Waals surface area (Å²) in [5, 5.41) is 8.59. The van der Waals surface area contributed by atoms with Gasteiger partial charge in [0.2, 0.25) is 0 Å². The molecule has 0 saturated carbocycles. The molecular formula is C13H15N3. The molecule has 0 aromatic carbocycles. The lowest BCUT2D eigenvalue weighted by Gasteiger charge is -2.29. The second-order valence-corrected chi connectivity index (χ2v) is 4.11. The van der Waals surface area contributed by atoms with E-state index in [1.807, 2.05) is 12.3 Å². The minimum Gasteiger partial charge on any atom is -0.356 e. The number of rotatable bonds is 1.